The molecular weight excluding hydrogens is 424 g/mol. The van der Waals surface area contributed by atoms with E-state index < -0.39 is 10.0 Å². The average molecular weight is 443 g/mol. The number of ether oxygens (including phenoxy) is 1. The molecule has 2 heterocycles. The maximum Gasteiger partial charge on any atom is 0.277 e. The van der Waals surface area contributed by atoms with Crippen molar-refractivity contribution in [3.05, 3.63) is 40.6 Å². The minimum Gasteiger partial charge on any atom is -0.379 e. The normalized spacial score (nSPS) is 15.8. The smallest absolute Gasteiger partial charge is 0.277 e. The molecule has 140 valence electrons. The fraction of sp³-hybridized carbons (Fsp3) is 0.375. The molecule has 3 rings (SSSR count). The first kappa shape index (κ1) is 19.0. The van der Waals surface area contributed by atoms with Crippen molar-refractivity contribution in [3.63, 3.8) is 0 Å². The molecule has 1 aromatic heterocycles. The third-order valence-electron chi connectivity index (χ3n) is 3.98. The van der Waals surface area contributed by atoms with Gasteiger partial charge in [0.05, 0.1) is 22.6 Å². The monoisotopic (exact) mass is 442 g/mol. The second kappa shape index (κ2) is 7.87. The van der Waals surface area contributed by atoms with Gasteiger partial charge >= 0.3 is 0 Å². The molecule has 1 N–H and O–H groups in total. The molecule has 0 unspecified atom stereocenters. The molecule has 1 amide bonds. The summed E-state index contributed by atoms with van der Waals surface area (Å²) in [6.45, 7) is 4.05. The van der Waals surface area contributed by atoms with Crippen LogP contribution in [0.2, 0.25) is 0 Å². The average Bonchev–Trinajstić information content (AvgIpc) is 3.04. The fourth-order valence-electron chi connectivity index (χ4n) is 2.55. The predicted octanol–water partition coefficient (Wildman–Crippen LogP) is 1.94. The van der Waals surface area contributed by atoms with E-state index in [9.17, 15) is 13.2 Å². The Morgan fingerprint density at radius 2 is 1.92 bits per heavy atom. The van der Waals surface area contributed by atoms with Crippen LogP contribution in [0, 0.1) is 0 Å². The molecule has 0 saturated carbocycles. The van der Waals surface area contributed by atoms with Gasteiger partial charge in [0.15, 0.2) is 5.69 Å². The maximum absolute atomic E-state index is 12.6. The largest absolute Gasteiger partial charge is 0.379 e. The highest BCUT2D eigenvalue weighted by Gasteiger charge is 2.26. The van der Waals surface area contributed by atoms with E-state index in [-0.39, 0.29) is 16.5 Å². The van der Waals surface area contributed by atoms with Gasteiger partial charge < -0.3 is 10.1 Å². The number of nitrogens with one attached hydrogen (secondary N) is 1. The summed E-state index contributed by atoms with van der Waals surface area (Å²) in [6, 6.07) is 6.10. The van der Waals surface area contributed by atoms with Crippen LogP contribution >= 0.6 is 15.9 Å². The molecule has 2 aromatic rings. The van der Waals surface area contributed by atoms with Crippen LogP contribution in [0.5, 0.6) is 0 Å². The molecule has 0 spiro atoms. The Morgan fingerprint density at radius 3 is 2.50 bits per heavy atom. The SMILES string of the molecule is CCn1cc(Br)c(C(=O)Nc2ccc(S(=O)(=O)N3CCOCC3)cc2)n1. The Morgan fingerprint density at radius 1 is 1.27 bits per heavy atom. The molecule has 1 aliphatic heterocycles. The fourth-order valence-corrected chi connectivity index (χ4v) is 4.45. The molecule has 26 heavy (non-hydrogen) atoms. The zero-order valence-corrected chi connectivity index (χ0v) is 16.6. The highest BCUT2D eigenvalue weighted by Crippen LogP contribution is 2.21. The number of aromatic nitrogens is 2. The van der Waals surface area contributed by atoms with E-state index in [2.05, 4.69) is 26.3 Å². The van der Waals surface area contributed by atoms with Gasteiger partial charge in [0, 0.05) is 31.5 Å². The van der Waals surface area contributed by atoms with Gasteiger partial charge in [0.1, 0.15) is 0 Å². The van der Waals surface area contributed by atoms with Gasteiger partial charge in [-0.1, -0.05) is 0 Å². The van der Waals surface area contributed by atoms with Crippen LogP contribution in [0.4, 0.5) is 5.69 Å². The number of hydrogen-bond donors (Lipinski definition) is 1. The van der Waals surface area contributed by atoms with Gasteiger partial charge in [-0.25, -0.2) is 8.42 Å². The highest BCUT2D eigenvalue weighted by molar-refractivity contribution is 9.10. The number of nitrogens with zero attached hydrogens (tertiary/aromatic N) is 3. The topological polar surface area (TPSA) is 93.5 Å². The number of anilines is 1. The summed E-state index contributed by atoms with van der Waals surface area (Å²) in [6.07, 6.45) is 1.73. The number of morpholine rings is 1. The number of carbonyl (C=O) groups excluding carboxylic acids is 1. The van der Waals surface area contributed by atoms with Crippen molar-refractivity contribution in [2.24, 2.45) is 0 Å². The van der Waals surface area contributed by atoms with E-state index in [0.717, 1.165) is 0 Å². The Bertz CT molecular complexity index is 889. The molecule has 0 aliphatic carbocycles. The Kier molecular flexibility index (Phi) is 5.76. The number of sulfonamides is 1. The van der Waals surface area contributed by atoms with Gasteiger partial charge in [0.25, 0.3) is 5.91 Å². The number of hydrogen-bond acceptors (Lipinski definition) is 5. The second-order valence-corrected chi connectivity index (χ2v) is 8.47. The van der Waals surface area contributed by atoms with E-state index in [1.54, 1.807) is 23.0 Å². The number of amides is 1. The minimum atomic E-state index is -3.55. The number of halogens is 1. The summed E-state index contributed by atoms with van der Waals surface area (Å²) in [4.78, 5) is 12.5. The predicted molar refractivity (Wildman–Crippen MR) is 99.6 cm³/mol. The Labute approximate surface area is 160 Å². The van der Waals surface area contributed by atoms with Crippen LogP contribution in [-0.4, -0.2) is 54.7 Å². The van der Waals surface area contributed by atoms with E-state index in [0.29, 0.717) is 43.0 Å². The van der Waals surface area contributed by atoms with Crippen LogP contribution in [0.15, 0.2) is 39.8 Å². The molecule has 1 aromatic carbocycles. The van der Waals surface area contributed by atoms with Crippen molar-refractivity contribution in [2.45, 2.75) is 18.4 Å². The molecule has 0 bridgehead atoms. The summed E-state index contributed by atoms with van der Waals surface area (Å²) >= 11 is 3.31. The third-order valence-corrected chi connectivity index (χ3v) is 6.47. The molecule has 0 radical (unpaired) electrons. The summed E-state index contributed by atoms with van der Waals surface area (Å²) in [7, 11) is -3.55. The van der Waals surface area contributed by atoms with Gasteiger partial charge in [-0.05, 0) is 47.1 Å². The van der Waals surface area contributed by atoms with Crippen LogP contribution in [0.3, 0.4) is 0 Å². The first-order valence-electron chi connectivity index (χ1n) is 8.14. The van der Waals surface area contributed by atoms with Gasteiger partial charge in [0.2, 0.25) is 10.0 Å². The zero-order valence-electron chi connectivity index (χ0n) is 14.2. The zero-order chi connectivity index (χ0) is 18.7. The number of benzene rings is 1. The Balaban J connectivity index is 1.73. The lowest BCUT2D eigenvalue weighted by Crippen LogP contribution is -2.40. The van der Waals surface area contributed by atoms with Gasteiger partial charge in [-0.15, -0.1) is 0 Å². The van der Waals surface area contributed by atoms with Crippen molar-refractivity contribution in [1.29, 1.82) is 0 Å². The second-order valence-electron chi connectivity index (χ2n) is 5.68. The molecule has 8 nitrogen and oxygen atoms in total. The summed E-state index contributed by atoms with van der Waals surface area (Å²) in [5.74, 6) is -0.368. The lowest BCUT2D eigenvalue weighted by molar-refractivity contribution is 0.0730. The number of aryl methyl sites for hydroxylation is 1. The summed E-state index contributed by atoms with van der Waals surface area (Å²) in [5.41, 5.74) is 0.769. The third kappa shape index (κ3) is 3.98. The van der Waals surface area contributed by atoms with Gasteiger partial charge in [-0.2, -0.15) is 9.40 Å². The Hall–Kier alpha value is -1.75. The van der Waals surface area contributed by atoms with Crippen LogP contribution in [0.1, 0.15) is 17.4 Å². The van der Waals surface area contributed by atoms with Gasteiger partial charge in [-0.3, -0.25) is 9.48 Å². The molecule has 10 heteroatoms. The molecule has 1 fully saturated rings. The van der Waals surface area contributed by atoms with Crippen molar-refractivity contribution in [3.8, 4) is 0 Å². The molecule has 1 saturated heterocycles. The van der Waals surface area contributed by atoms with E-state index >= 15 is 0 Å². The molecule has 0 atom stereocenters. The van der Waals surface area contributed by atoms with Crippen LogP contribution < -0.4 is 5.32 Å². The van der Waals surface area contributed by atoms with E-state index in [1.807, 2.05) is 6.92 Å². The van der Waals surface area contributed by atoms with Crippen molar-refractivity contribution >= 4 is 37.5 Å². The minimum absolute atomic E-state index is 0.189. The number of rotatable bonds is 5. The summed E-state index contributed by atoms with van der Waals surface area (Å²) < 4.78 is 34.0. The van der Waals surface area contributed by atoms with Crippen LogP contribution in [-0.2, 0) is 21.3 Å². The van der Waals surface area contributed by atoms with Crippen molar-refractivity contribution in [2.75, 3.05) is 31.6 Å². The highest BCUT2D eigenvalue weighted by atomic mass is 79.9. The maximum atomic E-state index is 12.6. The number of carbonyl (C=O) groups is 1. The lowest BCUT2D eigenvalue weighted by Gasteiger charge is -2.26. The molecular formula is C16H19BrN4O4S. The van der Waals surface area contributed by atoms with E-state index in [1.165, 1.54) is 16.4 Å². The van der Waals surface area contributed by atoms with E-state index in [4.69, 9.17) is 4.74 Å². The lowest BCUT2D eigenvalue weighted by atomic mass is 10.3. The standard InChI is InChI=1S/C16H19BrN4O4S/c1-2-20-11-14(17)15(19-20)16(22)18-12-3-5-13(6-4-12)26(23,24)21-7-9-25-10-8-21/h3-6,11H,2,7-10H2,1H3,(H,18,22). The van der Waals surface area contributed by atoms with Crippen molar-refractivity contribution in [1.82, 2.24) is 14.1 Å². The first-order chi connectivity index (χ1) is 12.4. The summed E-state index contributed by atoms with van der Waals surface area (Å²) in [5, 5.41) is 6.91. The quantitative estimate of drug-likeness (QED) is 0.763. The van der Waals surface area contributed by atoms with Crippen LogP contribution in [0.25, 0.3) is 0 Å². The first-order valence-corrected chi connectivity index (χ1v) is 10.4. The van der Waals surface area contributed by atoms with Crippen molar-refractivity contribution < 1.29 is 17.9 Å². The molecule has 1 aliphatic rings.